The first-order chi connectivity index (χ1) is 8.36. The van der Waals surface area contributed by atoms with Crippen LogP contribution < -0.4 is 5.73 Å². The van der Waals surface area contributed by atoms with Crippen LogP contribution in [0.1, 0.15) is 26.2 Å². The zero-order valence-corrected chi connectivity index (χ0v) is 11.4. The van der Waals surface area contributed by atoms with E-state index in [1.54, 1.807) is 0 Å². The fourth-order valence-corrected chi connectivity index (χ4v) is 2.23. The molecule has 0 radical (unpaired) electrons. The molecule has 102 valence electrons. The van der Waals surface area contributed by atoms with Crippen molar-refractivity contribution in [2.45, 2.75) is 26.2 Å². The summed E-state index contributed by atoms with van der Waals surface area (Å²) in [5, 5.41) is 0. The average molecular weight is 243 g/mol. The van der Waals surface area contributed by atoms with E-state index in [4.69, 9.17) is 10.5 Å². The van der Waals surface area contributed by atoms with Gasteiger partial charge in [0.1, 0.15) is 0 Å². The molecule has 0 saturated carbocycles. The van der Waals surface area contributed by atoms with E-state index in [1.165, 1.54) is 32.6 Å². The van der Waals surface area contributed by atoms with Crippen LogP contribution >= 0.6 is 0 Å². The summed E-state index contributed by atoms with van der Waals surface area (Å²) in [6.45, 7) is 11.8. The van der Waals surface area contributed by atoms with Gasteiger partial charge in [-0.25, -0.2) is 0 Å². The molecular formula is C13H29N3O. The zero-order chi connectivity index (χ0) is 12.3. The van der Waals surface area contributed by atoms with Gasteiger partial charge in [0, 0.05) is 26.2 Å². The van der Waals surface area contributed by atoms with Crippen molar-refractivity contribution in [2.75, 3.05) is 59.0 Å². The van der Waals surface area contributed by atoms with E-state index in [0.29, 0.717) is 0 Å². The monoisotopic (exact) mass is 243 g/mol. The predicted molar refractivity (Wildman–Crippen MR) is 72.3 cm³/mol. The minimum Gasteiger partial charge on any atom is -0.380 e. The van der Waals surface area contributed by atoms with Gasteiger partial charge in [-0.1, -0.05) is 6.92 Å². The van der Waals surface area contributed by atoms with E-state index in [2.05, 4.69) is 16.7 Å². The molecule has 2 N–H and O–H groups in total. The third-order valence-corrected chi connectivity index (χ3v) is 3.26. The summed E-state index contributed by atoms with van der Waals surface area (Å²) in [4.78, 5) is 5.07. The van der Waals surface area contributed by atoms with Gasteiger partial charge in [-0.2, -0.15) is 0 Å². The summed E-state index contributed by atoms with van der Waals surface area (Å²) in [7, 11) is 0. The molecule has 4 nitrogen and oxygen atoms in total. The lowest BCUT2D eigenvalue weighted by Crippen LogP contribution is -2.33. The lowest BCUT2D eigenvalue weighted by molar-refractivity contribution is 0.105. The van der Waals surface area contributed by atoms with Crippen LogP contribution in [-0.2, 0) is 4.74 Å². The van der Waals surface area contributed by atoms with Crippen LogP contribution in [0.5, 0.6) is 0 Å². The summed E-state index contributed by atoms with van der Waals surface area (Å²) < 4.78 is 5.55. The molecule has 4 heteroatoms. The molecule has 0 aromatic rings. The van der Waals surface area contributed by atoms with Crippen molar-refractivity contribution in [1.29, 1.82) is 0 Å². The van der Waals surface area contributed by atoms with Crippen LogP contribution in [0.3, 0.4) is 0 Å². The second-order valence-corrected chi connectivity index (χ2v) is 4.79. The number of hydrogen-bond donors (Lipinski definition) is 1. The van der Waals surface area contributed by atoms with Crippen molar-refractivity contribution in [3.05, 3.63) is 0 Å². The third kappa shape index (κ3) is 6.99. The predicted octanol–water partition coefficient (Wildman–Crippen LogP) is 0.770. The first-order valence-corrected chi connectivity index (χ1v) is 7.09. The van der Waals surface area contributed by atoms with Gasteiger partial charge in [-0.3, -0.25) is 4.90 Å². The van der Waals surface area contributed by atoms with Crippen LogP contribution in [0.2, 0.25) is 0 Å². The first kappa shape index (κ1) is 14.9. The van der Waals surface area contributed by atoms with Crippen LogP contribution in [0.15, 0.2) is 0 Å². The molecule has 0 bridgehead atoms. The van der Waals surface area contributed by atoms with Gasteiger partial charge in [0.2, 0.25) is 0 Å². The fourth-order valence-electron chi connectivity index (χ4n) is 2.23. The van der Waals surface area contributed by atoms with Crippen LogP contribution in [0.25, 0.3) is 0 Å². The minimum absolute atomic E-state index is 0.811. The van der Waals surface area contributed by atoms with E-state index in [-0.39, 0.29) is 0 Å². The second-order valence-electron chi connectivity index (χ2n) is 4.79. The number of ether oxygens (including phenoxy) is 1. The zero-order valence-electron chi connectivity index (χ0n) is 11.4. The van der Waals surface area contributed by atoms with E-state index >= 15 is 0 Å². The Hall–Kier alpha value is -0.160. The summed E-state index contributed by atoms with van der Waals surface area (Å²) >= 11 is 0. The first-order valence-electron chi connectivity index (χ1n) is 7.09. The summed E-state index contributed by atoms with van der Waals surface area (Å²) in [5.41, 5.74) is 5.55. The van der Waals surface area contributed by atoms with Crippen molar-refractivity contribution >= 4 is 0 Å². The molecule has 0 amide bonds. The van der Waals surface area contributed by atoms with E-state index in [9.17, 15) is 0 Å². The molecule has 1 heterocycles. The fraction of sp³-hybridized carbons (Fsp3) is 1.00. The molecule has 0 aromatic carbocycles. The van der Waals surface area contributed by atoms with Crippen molar-refractivity contribution in [1.82, 2.24) is 9.80 Å². The lowest BCUT2D eigenvalue weighted by atomic mass is 10.3. The molecule has 1 saturated heterocycles. The van der Waals surface area contributed by atoms with Crippen molar-refractivity contribution < 1.29 is 4.74 Å². The van der Waals surface area contributed by atoms with Gasteiger partial charge in [0.25, 0.3) is 0 Å². The Morgan fingerprint density at radius 1 is 1.00 bits per heavy atom. The summed E-state index contributed by atoms with van der Waals surface area (Å²) in [6, 6.07) is 0. The Labute approximate surface area is 106 Å². The molecule has 0 aromatic heterocycles. The van der Waals surface area contributed by atoms with E-state index < -0.39 is 0 Å². The van der Waals surface area contributed by atoms with E-state index in [1.807, 2.05) is 0 Å². The van der Waals surface area contributed by atoms with Crippen LogP contribution in [0, 0.1) is 0 Å². The molecule has 0 spiro atoms. The summed E-state index contributed by atoms with van der Waals surface area (Å²) in [5.74, 6) is 0. The maximum atomic E-state index is 5.55. The molecule has 0 unspecified atom stereocenters. The summed E-state index contributed by atoms with van der Waals surface area (Å²) in [6.07, 6.45) is 3.52. The molecule has 17 heavy (non-hydrogen) atoms. The molecule has 0 atom stereocenters. The van der Waals surface area contributed by atoms with E-state index in [0.717, 1.165) is 45.7 Å². The number of nitrogens with two attached hydrogens (primary N) is 1. The van der Waals surface area contributed by atoms with Gasteiger partial charge < -0.3 is 15.4 Å². The third-order valence-electron chi connectivity index (χ3n) is 3.26. The Bertz CT molecular complexity index is 178. The SMILES string of the molecule is CCCOCCN1CCCN(CCCN)CC1. The standard InChI is InChI=1S/C13H29N3O/c1-2-12-17-13-11-16-8-4-7-15(9-10-16)6-3-5-14/h2-14H2,1H3. The van der Waals surface area contributed by atoms with Gasteiger partial charge in [-0.05, 0) is 45.4 Å². The highest BCUT2D eigenvalue weighted by Gasteiger charge is 2.13. The maximum Gasteiger partial charge on any atom is 0.0593 e. The number of nitrogens with zero attached hydrogens (tertiary/aromatic N) is 2. The largest absolute Gasteiger partial charge is 0.380 e. The molecule has 1 aliphatic rings. The van der Waals surface area contributed by atoms with Gasteiger partial charge in [0.05, 0.1) is 6.61 Å². The van der Waals surface area contributed by atoms with Crippen molar-refractivity contribution in [3.8, 4) is 0 Å². The highest BCUT2D eigenvalue weighted by molar-refractivity contribution is 4.69. The molecule has 1 fully saturated rings. The minimum atomic E-state index is 0.811. The Kier molecular flexibility index (Phi) is 8.61. The normalized spacial score (nSPS) is 19.4. The van der Waals surface area contributed by atoms with Gasteiger partial charge >= 0.3 is 0 Å². The highest BCUT2D eigenvalue weighted by Crippen LogP contribution is 2.03. The highest BCUT2D eigenvalue weighted by atomic mass is 16.5. The molecule has 1 rings (SSSR count). The van der Waals surface area contributed by atoms with Crippen LogP contribution in [-0.4, -0.2) is 68.8 Å². The topological polar surface area (TPSA) is 41.7 Å². The molecular weight excluding hydrogens is 214 g/mol. The number of hydrogen-bond acceptors (Lipinski definition) is 4. The van der Waals surface area contributed by atoms with Gasteiger partial charge in [-0.15, -0.1) is 0 Å². The van der Waals surface area contributed by atoms with Gasteiger partial charge in [0.15, 0.2) is 0 Å². The quantitative estimate of drug-likeness (QED) is 0.639. The molecule has 1 aliphatic heterocycles. The second kappa shape index (κ2) is 9.83. The Balaban J connectivity index is 2.09. The van der Waals surface area contributed by atoms with Crippen LogP contribution in [0.4, 0.5) is 0 Å². The lowest BCUT2D eigenvalue weighted by Gasteiger charge is -2.21. The molecule has 0 aliphatic carbocycles. The average Bonchev–Trinajstić information content (AvgIpc) is 2.57. The number of rotatable bonds is 8. The smallest absolute Gasteiger partial charge is 0.0593 e. The Morgan fingerprint density at radius 3 is 2.35 bits per heavy atom. The maximum absolute atomic E-state index is 5.55. The Morgan fingerprint density at radius 2 is 1.71 bits per heavy atom. The van der Waals surface area contributed by atoms with Crippen molar-refractivity contribution in [3.63, 3.8) is 0 Å². The van der Waals surface area contributed by atoms with Crippen molar-refractivity contribution in [2.24, 2.45) is 5.73 Å².